The van der Waals surface area contributed by atoms with E-state index in [9.17, 15) is 14.4 Å². The molecule has 7 nitrogen and oxygen atoms in total. The van der Waals surface area contributed by atoms with Gasteiger partial charge >= 0.3 is 12.1 Å². The molecule has 0 aliphatic heterocycles. The number of benzene rings is 3. The van der Waals surface area contributed by atoms with E-state index in [0.29, 0.717) is 32.2 Å². The number of hydrogen-bond acceptors (Lipinski definition) is 5. The van der Waals surface area contributed by atoms with Crippen LogP contribution in [0.15, 0.2) is 78.9 Å². The minimum absolute atomic E-state index is 0.0741. The number of amides is 2. The normalized spacial score (nSPS) is 12.5. The molecular formula is C44H60N2O5. The molecule has 4 rings (SSSR count). The van der Waals surface area contributed by atoms with E-state index in [-0.39, 0.29) is 25.0 Å². The van der Waals surface area contributed by atoms with Crippen LogP contribution in [-0.4, -0.2) is 37.2 Å². The van der Waals surface area contributed by atoms with Gasteiger partial charge in [0, 0.05) is 18.9 Å². The molecule has 0 fully saturated rings. The highest BCUT2D eigenvalue weighted by atomic mass is 16.6. The van der Waals surface area contributed by atoms with Gasteiger partial charge in [-0.1, -0.05) is 163 Å². The zero-order valence-electron chi connectivity index (χ0n) is 30.8. The van der Waals surface area contributed by atoms with Crippen molar-refractivity contribution in [1.29, 1.82) is 0 Å². The monoisotopic (exact) mass is 696 g/mol. The van der Waals surface area contributed by atoms with E-state index in [2.05, 4.69) is 41.8 Å². The number of esters is 1. The maximum Gasteiger partial charge on any atom is 0.407 e. The maximum atomic E-state index is 13.2. The molecule has 1 aliphatic carbocycles. The van der Waals surface area contributed by atoms with Crippen LogP contribution in [0.5, 0.6) is 0 Å². The summed E-state index contributed by atoms with van der Waals surface area (Å²) in [6.45, 7) is 3.08. The summed E-state index contributed by atoms with van der Waals surface area (Å²) in [5.41, 5.74) is 5.43. The Morgan fingerprint density at radius 1 is 0.627 bits per heavy atom. The molecule has 0 bridgehead atoms. The fourth-order valence-corrected chi connectivity index (χ4v) is 6.95. The molecule has 1 atom stereocenters. The van der Waals surface area contributed by atoms with Crippen LogP contribution in [0, 0.1) is 0 Å². The average Bonchev–Trinajstić information content (AvgIpc) is 3.48. The Morgan fingerprint density at radius 3 is 1.78 bits per heavy atom. The Balaban J connectivity index is 1.13. The van der Waals surface area contributed by atoms with Crippen molar-refractivity contribution in [1.82, 2.24) is 10.6 Å². The van der Waals surface area contributed by atoms with Crippen molar-refractivity contribution in [3.8, 4) is 11.1 Å². The maximum absolute atomic E-state index is 13.2. The molecule has 0 saturated heterocycles. The third-order valence-electron chi connectivity index (χ3n) is 9.89. The Kier molecular flexibility index (Phi) is 18.2. The van der Waals surface area contributed by atoms with Crippen molar-refractivity contribution in [3.05, 3.63) is 95.6 Å². The molecule has 0 heterocycles. The molecule has 3 aromatic carbocycles. The predicted molar refractivity (Wildman–Crippen MR) is 205 cm³/mol. The first-order chi connectivity index (χ1) is 25.1. The fraction of sp³-hybridized carbons (Fsp3) is 0.523. The van der Waals surface area contributed by atoms with Crippen molar-refractivity contribution >= 4 is 18.0 Å². The van der Waals surface area contributed by atoms with Gasteiger partial charge < -0.3 is 20.1 Å². The first-order valence-electron chi connectivity index (χ1n) is 19.7. The second-order valence-corrected chi connectivity index (χ2v) is 14.0. The Morgan fingerprint density at radius 2 is 1.18 bits per heavy atom. The third kappa shape index (κ3) is 14.2. The van der Waals surface area contributed by atoms with Crippen LogP contribution < -0.4 is 10.6 Å². The van der Waals surface area contributed by atoms with Crippen molar-refractivity contribution in [2.45, 2.75) is 135 Å². The molecule has 0 saturated carbocycles. The molecule has 0 radical (unpaired) electrons. The number of rotatable bonds is 25. The highest BCUT2D eigenvalue weighted by Crippen LogP contribution is 2.44. The second-order valence-electron chi connectivity index (χ2n) is 14.0. The lowest BCUT2D eigenvalue weighted by atomic mass is 9.98. The smallest absolute Gasteiger partial charge is 0.407 e. The first-order valence-corrected chi connectivity index (χ1v) is 19.7. The van der Waals surface area contributed by atoms with Crippen molar-refractivity contribution in [2.24, 2.45) is 0 Å². The lowest BCUT2D eigenvalue weighted by Crippen LogP contribution is -2.42. The molecule has 7 heteroatoms. The first kappa shape index (κ1) is 39.7. The number of fused-ring (bicyclic) bond motifs is 3. The van der Waals surface area contributed by atoms with Crippen LogP contribution in [0.2, 0.25) is 0 Å². The molecule has 3 aromatic rings. The summed E-state index contributed by atoms with van der Waals surface area (Å²) in [5, 5.41) is 5.79. The molecule has 276 valence electrons. The zero-order valence-corrected chi connectivity index (χ0v) is 30.8. The molecule has 2 amide bonds. The summed E-state index contributed by atoms with van der Waals surface area (Å²) < 4.78 is 11.3. The Labute approximate surface area is 306 Å². The fourth-order valence-electron chi connectivity index (χ4n) is 6.95. The van der Waals surface area contributed by atoms with Gasteiger partial charge in [0.15, 0.2) is 0 Å². The third-order valence-corrected chi connectivity index (χ3v) is 9.89. The highest BCUT2D eigenvalue weighted by Gasteiger charge is 2.30. The van der Waals surface area contributed by atoms with Gasteiger partial charge in [-0.25, -0.2) is 9.59 Å². The Bertz CT molecular complexity index is 1410. The number of carbonyl (C=O) groups excluding carboxylic acids is 3. The predicted octanol–water partition coefficient (Wildman–Crippen LogP) is 10.4. The van der Waals surface area contributed by atoms with Gasteiger partial charge in [-0.2, -0.15) is 0 Å². The van der Waals surface area contributed by atoms with Crippen molar-refractivity contribution in [3.63, 3.8) is 0 Å². The summed E-state index contributed by atoms with van der Waals surface area (Å²) in [6.07, 6.45) is 18.3. The largest absolute Gasteiger partial charge is 0.459 e. The van der Waals surface area contributed by atoms with Gasteiger partial charge in [-0.3, -0.25) is 4.79 Å². The molecule has 0 spiro atoms. The summed E-state index contributed by atoms with van der Waals surface area (Å²) in [5.74, 6) is -0.498. The van der Waals surface area contributed by atoms with Crippen LogP contribution in [0.25, 0.3) is 11.1 Å². The van der Waals surface area contributed by atoms with E-state index in [1.807, 2.05) is 54.6 Å². The number of hydrogen-bond donors (Lipinski definition) is 2. The summed E-state index contributed by atoms with van der Waals surface area (Å²) in [4.78, 5) is 38.6. The van der Waals surface area contributed by atoms with Crippen LogP contribution in [0.3, 0.4) is 0 Å². The number of alkyl carbamates (subject to hydrolysis) is 1. The topological polar surface area (TPSA) is 93.7 Å². The van der Waals surface area contributed by atoms with Crippen LogP contribution in [0.1, 0.15) is 139 Å². The standard InChI is InChI=1S/C44H60N2O5/c1-2-3-4-5-6-7-8-9-10-11-12-13-17-31-42(47)45-32-23-22-30-41(43(48)50-33-35-24-15-14-16-25-35)46-44(49)51-34-40-38-28-20-18-26-36(38)37-27-19-21-29-39(37)40/h14-16,18-21,24-29,40-41H,2-13,17,22-23,30-34H2,1H3,(H,45,47)(H,46,49)/t41-/m0/s1. The lowest BCUT2D eigenvalue weighted by Gasteiger charge is -2.19. The van der Waals surface area contributed by atoms with Gasteiger partial charge in [0.2, 0.25) is 5.91 Å². The average molecular weight is 697 g/mol. The number of unbranched alkanes of at least 4 members (excludes halogenated alkanes) is 13. The minimum atomic E-state index is -0.856. The van der Waals surface area contributed by atoms with Gasteiger partial charge in [0.05, 0.1) is 0 Å². The van der Waals surface area contributed by atoms with Gasteiger partial charge in [-0.05, 0) is 53.5 Å². The molecule has 51 heavy (non-hydrogen) atoms. The second kappa shape index (κ2) is 23.4. The van der Waals surface area contributed by atoms with E-state index in [1.54, 1.807) is 0 Å². The van der Waals surface area contributed by atoms with Crippen LogP contribution in [-0.2, 0) is 25.7 Å². The quantitative estimate of drug-likeness (QED) is 0.0679. The summed E-state index contributed by atoms with van der Waals surface area (Å²) in [6, 6.07) is 25.0. The van der Waals surface area contributed by atoms with Gasteiger partial charge in [0.25, 0.3) is 0 Å². The van der Waals surface area contributed by atoms with Crippen molar-refractivity contribution in [2.75, 3.05) is 13.2 Å². The molecule has 0 unspecified atom stereocenters. The van der Waals surface area contributed by atoms with E-state index in [0.717, 1.165) is 40.7 Å². The van der Waals surface area contributed by atoms with Gasteiger partial charge in [0.1, 0.15) is 19.3 Å². The summed E-state index contributed by atoms with van der Waals surface area (Å²) >= 11 is 0. The number of nitrogens with one attached hydrogen (secondary N) is 2. The Hall–Kier alpha value is -4.13. The number of carbonyl (C=O) groups is 3. The molecule has 2 N–H and O–H groups in total. The van der Waals surface area contributed by atoms with E-state index >= 15 is 0 Å². The van der Waals surface area contributed by atoms with Crippen LogP contribution >= 0.6 is 0 Å². The summed E-state index contributed by atoms with van der Waals surface area (Å²) in [7, 11) is 0. The lowest BCUT2D eigenvalue weighted by molar-refractivity contribution is -0.147. The van der Waals surface area contributed by atoms with Crippen LogP contribution in [0.4, 0.5) is 4.79 Å². The molecular weight excluding hydrogens is 636 g/mol. The van der Waals surface area contributed by atoms with Crippen molar-refractivity contribution < 1.29 is 23.9 Å². The van der Waals surface area contributed by atoms with E-state index in [4.69, 9.17) is 9.47 Å². The number of ether oxygens (including phenoxy) is 2. The van der Waals surface area contributed by atoms with E-state index < -0.39 is 18.1 Å². The molecule has 0 aromatic heterocycles. The molecule has 1 aliphatic rings. The minimum Gasteiger partial charge on any atom is -0.459 e. The van der Waals surface area contributed by atoms with E-state index in [1.165, 1.54) is 70.6 Å². The van der Waals surface area contributed by atoms with Gasteiger partial charge in [-0.15, -0.1) is 0 Å². The highest BCUT2D eigenvalue weighted by molar-refractivity contribution is 5.82. The zero-order chi connectivity index (χ0) is 35.9. The SMILES string of the molecule is CCCCCCCCCCCCCCCC(=O)NCCCC[C@H](NC(=O)OCC1c2ccccc2-c2ccccc21)C(=O)OCc1ccccc1.